The van der Waals surface area contributed by atoms with Gasteiger partial charge in [-0.1, -0.05) is 41.9 Å². The van der Waals surface area contributed by atoms with Crippen LogP contribution in [-0.4, -0.2) is 31.1 Å². The number of halogens is 3. The fraction of sp³-hybridized carbons (Fsp3) is 0.538. The molecule has 0 amide bonds. The van der Waals surface area contributed by atoms with Gasteiger partial charge >= 0.3 is 0 Å². The molecule has 1 rings (SSSR count). The van der Waals surface area contributed by atoms with E-state index < -0.39 is 0 Å². The summed E-state index contributed by atoms with van der Waals surface area (Å²) < 4.78 is 1.14. The predicted octanol–water partition coefficient (Wildman–Crippen LogP) is 3.72. The summed E-state index contributed by atoms with van der Waals surface area (Å²) in [4.78, 5) is 2.43. The third kappa shape index (κ3) is 8.33. The van der Waals surface area contributed by atoms with Gasteiger partial charge in [-0.15, -0.1) is 24.8 Å². The van der Waals surface area contributed by atoms with Crippen LogP contribution in [0.15, 0.2) is 28.7 Å². The van der Waals surface area contributed by atoms with Crippen LogP contribution in [0, 0.1) is 0 Å². The number of benzene rings is 1. The molecule has 0 aliphatic rings. The normalized spacial score (nSPS) is 9.78. The van der Waals surface area contributed by atoms with Crippen molar-refractivity contribution in [3.63, 3.8) is 0 Å². The first kappa shape index (κ1) is 20.5. The van der Waals surface area contributed by atoms with Crippen LogP contribution in [0.1, 0.15) is 19.4 Å². The maximum atomic E-state index is 3.46. The summed E-state index contributed by atoms with van der Waals surface area (Å²) in [5.41, 5.74) is 1.34. The molecule has 0 aliphatic heterocycles. The van der Waals surface area contributed by atoms with Gasteiger partial charge in [-0.3, -0.25) is 0 Å². The quantitative estimate of drug-likeness (QED) is 0.748. The van der Waals surface area contributed by atoms with Crippen LogP contribution in [0.4, 0.5) is 0 Å². The summed E-state index contributed by atoms with van der Waals surface area (Å²) in [5, 5.41) is 3.46. The Bertz CT molecular complexity index is 290. The Morgan fingerprint density at radius 3 is 2.11 bits per heavy atom. The molecule has 0 saturated heterocycles. The lowest BCUT2D eigenvalue weighted by Gasteiger charge is -2.17. The second-order valence-corrected chi connectivity index (χ2v) is 4.75. The topological polar surface area (TPSA) is 15.3 Å². The lowest BCUT2D eigenvalue weighted by atomic mass is 10.2. The Morgan fingerprint density at radius 2 is 1.61 bits per heavy atom. The lowest BCUT2D eigenvalue weighted by Crippen LogP contribution is -2.31. The molecule has 2 nitrogen and oxygen atoms in total. The minimum atomic E-state index is 0. The van der Waals surface area contributed by atoms with Gasteiger partial charge in [0.15, 0.2) is 0 Å². The van der Waals surface area contributed by atoms with Crippen LogP contribution in [0.5, 0.6) is 0 Å². The van der Waals surface area contributed by atoms with Crippen molar-refractivity contribution in [1.82, 2.24) is 10.2 Å². The molecule has 0 spiro atoms. The first-order valence-corrected chi connectivity index (χ1v) is 6.73. The Kier molecular flexibility index (Phi) is 14.0. The molecule has 5 heteroatoms. The molecule has 1 aromatic rings. The van der Waals surface area contributed by atoms with Crippen molar-refractivity contribution < 1.29 is 0 Å². The summed E-state index contributed by atoms with van der Waals surface area (Å²) in [6.07, 6.45) is 0. The van der Waals surface area contributed by atoms with Crippen molar-refractivity contribution in [2.45, 2.75) is 20.4 Å². The third-order valence-electron chi connectivity index (χ3n) is 2.74. The highest BCUT2D eigenvalue weighted by Crippen LogP contribution is 2.09. The van der Waals surface area contributed by atoms with E-state index in [2.05, 4.69) is 64.3 Å². The molecule has 0 atom stereocenters. The molecule has 0 radical (unpaired) electrons. The van der Waals surface area contributed by atoms with Gasteiger partial charge in [0, 0.05) is 24.1 Å². The van der Waals surface area contributed by atoms with E-state index in [9.17, 15) is 0 Å². The molecule has 0 bridgehead atoms. The molecule has 1 N–H and O–H groups in total. The Balaban J connectivity index is 0. The fourth-order valence-corrected chi connectivity index (χ4v) is 1.88. The minimum absolute atomic E-state index is 0. The van der Waals surface area contributed by atoms with Crippen LogP contribution in [0.25, 0.3) is 0 Å². The molecule has 0 aliphatic carbocycles. The molecule has 0 unspecified atom stereocenters. The largest absolute Gasteiger partial charge is 0.311 e. The van der Waals surface area contributed by atoms with Crippen molar-refractivity contribution >= 4 is 40.7 Å². The second-order valence-electron chi connectivity index (χ2n) is 3.83. The number of hydrogen-bond donors (Lipinski definition) is 1. The molecule has 106 valence electrons. The molecular formula is C13H23BrCl2N2. The zero-order valence-electron chi connectivity index (χ0n) is 11.0. The van der Waals surface area contributed by atoms with Gasteiger partial charge in [-0.2, -0.15) is 0 Å². The summed E-state index contributed by atoms with van der Waals surface area (Å²) in [6.45, 7) is 9.82. The number of nitrogens with zero attached hydrogens (tertiary/aromatic N) is 1. The summed E-state index contributed by atoms with van der Waals surface area (Å²) in [7, 11) is 0. The van der Waals surface area contributed by atoms with E-state index in [1.165, 1.54) is 5.56 Å². The van der Waals surface area contributed by atoms with Gasteiger partial charge < -0.3 is 10.2 Å². The van der Waals surface area contributed by atoms with E-state index in [4.69, 9.17) is 0 Å². The first-order valence-electron chi connectivity index (χ1n) is 5.93. The van der Waals surface area contributed by atoms with Gasteiger partial charge in [0.2, 0.25) is 0 Å². The van der Waals surface area contributed by atoms with Gasteiger partial charge in [0.25, 0.3) is 0 Å². The molecule has 0 saturated carbocycles. The highest BCUT2D eigenvalue weighted by atomic mass is 79.9. The highest BCUT2D eigenvalue weighted by Gasteiger charge is 1.97. The molecule has 18 heavy (non-hydrogen) atoms. The first-order chi connectivity index (χ1) is 7.76. The SMILES string of the molecule is CCN(CC)CCNCc1ccc(Br)cc1.Cl.Cl. The third-order valence-corrected chi connectivity index (χ3v) is 3.27. The number of likely N-dealkylation sites (N-methyl/N-ethyl adjacent to an activating group) is 1. The van der Waals surface area contributed by atoms with Crippen molar-refractivity contribution in [1.29, 1.82) is 0 Å². The van der Waals surface area contributed by atoms with E-state index >= 15 is 0 Å². The molecule has 0 heterocycles. The molecule has 0 aromatic heterocycles. The average molecular weight is 358 g/mol. The van der Waals surface area contributed by atoms with Crippen LogP contribution in [0.2, 0.25) is 0 Å². The number of rotatable bonds is 7. The lowest BCUT2D eigenvalue weighted by molar-refractivity contribution is 0.302. The van der Waals surface area contributed by atoms with Gasteiger partial charge in [0.1, 0.15) is 0 Å². The van der Waals surface area contributed by atoms with Crippen molar-refractivity contribution in [2.75, 3.05) is 26.2 Å². The summed E-state index contributed by atoms with van der Waals surface area (Å²) in [6, 6.07) is 8.46. The number of nitrogens with one attached hydrogen (secondary N) is 1. The fourth-order valence-electron chi connectivity index (χ4n) is 1.61. The van der Waals surface area contributed by atoms with E-state index in [0.717, 1.165) is 37.2 Å². The van der Waals surface area contributed by atoms with Crippen LogP contribution in [0.3, 0.4) is 0 Å². The average Bonchev–Trinajstić information content (AvgIpc) is 2.32. The molecule has 1 aromatic carbocycles. The standard InChI is InChI=1S/C13H21BrN2.2ClH/c1-3-16(4-2)10-9-15-11-12-5-7-13(14)8-6-12;;/h5-8,15H,3-4,9-11H2,1-2H3;2*1H. The predicted molar refractivity (Wildman–Crippen MR) is 88.1 cm³/mol. The monoisotopic (exact) mass is 356 g/mol. The molecular weight excluding hydrogens is 335 g/mol. The van der Waals surface area contributed by atoms with Crippen LogP contribution in [-0.2, 0) is 6.54 Å². The van der Waals surface area contributed by atoms with Gasteiger partial charge in [-0.25, -0.2) is 0 Å². The Labute approximate surface area is 131 Å². The van der Waals surface area contributed by atoms with E-state index in [0.29, 0.717) is 0 Å². The maximum Gasteiger partial charge on any atom is 0.0206 e. The van der Waals surface area contributed by atoms with Crippen molar-refractivity contribution in [3.8, 4) is 0 Å². The minimum Gasteiger partial charge on any atom is -0.311 e. The molecule has 0 fully saturated rings. The van der Waals surface area contributed by atoms with Crippen LogP contribution >= 0.6 is 40.7 Å². The van der Waals surface area contributed by atoms with E-state index in [-0.39, 0.29) is 24.8 Å². The zero-order valence-corrected chi connectivity index (χ0v) is 14.2. The highest BCUT2D eigenvalue weighted by molar-refractivity contribution is 9.10. The summed E-state index contributed by atoms with van der Waals surface area (Å²) >= 11 is 3.44. The van der Waals surface area contributed by atoms with Crippen molar-refractivity contribution in [2.24, 2.45) is 0 Å². The summed E-state index contributed by atoms with van der Waals surface area (Å²) in [5.74, 6) is 0. The maximum absolute atomic E-state index is 3.46. The van der Waals surface area contributed by atoms with E-state index in [1.807, 2.05) is 0 Å². The Hall–Kier alpha value is 0.200. The number of hydrogen-bond acceptors (Lipinski definition) is 2. The smallest absolute Gasteiger partial charge is 0.0206 e. The van der Waals surface area contributed by atoms with Gasteiger partial charge in [-0.05, 0) is 30.8 Å². The van der Waals surface area contributed by atoms with E-state index in [1.54, 1.807) is 0 Å². The van der Waals surface area contributed by atoms with Crippen molar-refractivity contribution in [3.05, 3.63) is 34.3 Å². The van der Waals surface area contributed by atoms with Crippen LogP contribution < -0.4 is 5.32 Å². The van der Waals surface area contributed by atoms with Gasteiger partial charge in [0.05, 0.1) is 0 Å². The zero-order chi connectivity index (χ0) is 11.8. The Morgan fingerprint density at radius 1 is 1.06 bits per heavy atom. The second kappa shape index (κ2) is 12.2.